The van der Waals surface area contributed by atoms with E-state index in [1.54, 1.807) is 21.0 Å². The maximum Gasteiger partial charge on any atom is 0.122 e. The molecule has 0 atom stereocenters. The van der Waals surface area contributed by atoms with Gasteiger partial charge in [-0.15, -0.1) is 0 Å². The van der Waals surface area contributed by atoms with Crippen LogP contribution in [0.3, 0.4) is 0 Å². The van der Waals surface area contributed by atoms with Gasteiger partial charge in [0.15, 0.2) is 0 Å². The zero-order chi connectivity index (χ0) is 10.8. The van der Waals surface area contributed by atoms with E-state index in [2.05, 4.69) is 6.07 Å². The van der Waals surface area contributed by atoms with Crippen LogP contribution in [-0.2, 0) is 6.42 Å². The number of hydrogen-bond donors (Lipinski definition) is 1. The largest absolute Gasteiger partial charge is 0.496 e. The van der Waals surface area contributed by atoms with Crippen LogP contribution in [-0.4, -0.2) is 17.8 Å². The van der Waals surface area contributed by atoms with Crippen LogP contribution in [0.5, 0.6) is 5.75 Å². The molecule has 0 aromatic heterocycles. The van der Waals surface area contributed by atoms with Crippen LogP contribution in [0.15, 0.2) is 18.2 Å². The molecule has 0 radical (unpaired) electrons. The van der Waals surface area contributed by atoms with Gasteiger partial charge in [-0.2, -0.15) is 0 Å². The molecule has 0 bridgehead atoms. The van der Waals surface area contributed by atoms with Crippen LogP contribution in [0.4, 0.5) is 0 Å². The summed E-state index contributed by atoms with van der Waals surface area (Å²) in [6.45, 7) is 5.64. The summed E-state index contributed by atoms with van der Waals surface area (Å²) in [5.41, 5.74) is 1.55. The third-order valence-electron chi connectivity index (χ3n) is 2.06. The van der Waals surface area contributed by atoms with Gasteiger partial charge in [0.2, 0.25) is 0 Å². The molecule has 0 saturated heterocycles. The Bertz CT molecular complexity index is 311. The molecule has 0 unspecified atom stereocenters. The fourth-order valence-electron chi connectivity index (χ4n) is 1.51. The Balaban J connectivity index is 2.99. The van der Waals surface area contributed by atoms with E-state index in [-0.39, 0.29) is 0 Å². The molecule has 1 rings (SSSR count). The molecule has 2 heteroatoms. The van der Waals surface area contributed by atoms with Gasteiger partial charge in [0.1, 0.15) is 5.75 Å². The highest BCUT2D eigenvalue weighted by molar-refractivity contribution is 5.37. The first kappa shape index (κ1) is 11.1. The third-order valence-corrected chi connectivity index (χ3v) is 2.06. The number of aryl methyl sites for hydroxylation is 1. The van der Waals surface area contributed by atoms with Crippen molar-refractivity contribution in [3.8, 4) is 5.75 Å². The van der Waals surface area contributed by atoms with Crippen LogP contribution in [0, 0.1) is 6.92 Å². The minimum Gasteiger partial charge on any atom is -0.496 e. The fraction of sp³-hybridized carbons (Fsp3) is 0.500. The molecule has 0 amide bonds. The summed E-state index contributed by atoms with van der Waals surface area (Å²) in [5, 5.41) is 9.73. The average Bonchev–Trinajstić information content (AvgIpc) is 2.01. The van der Waals surface area contributed by atoms with E-state index >= 15 is 0 Å². The van der Waals surface area contributed by atoms with Gasteiger partial charge in [0, 0.05) is 6.42 Å². The summed E-state index contributed by atoms with van der Waals surface area (Å²) in [7, 11) is 1.65. The van der Waals surface area contributed by atoms with Crippen molar-refractivity contribution in [1.82, 2.24) is 0 Å². The highest BCUT2D eigenvalue weighted by atomic mass is 16.5. The maximum atomic E-state index is 9.73. The second kappa shape index (κ2) is 4.01. The van der Waals surface area contributed by atoms with Gasteiger partial charge >= 0.3 is 0 Å². The van der Waals surface area contributed by atoms with Crippen molar-refractivity contribution in [3.63, 3.8) is 0 Å². The van der Waals surface area contributed by atoms with Gasteiger partial charge in [-0.3, -0.25) is 0 Å². The first-order chi connectivity index (χ1) is 6.42. The van der Waals surface area contributed by atoms with Crippen LogP contribution < -0.4 is 4.74 Å². The molecule has 0 saturated carbocycles. The number of hydrogen-bond acceptors (Lipinski definition) is 2. The predicted molar refractivity (Wildman–Crippen MR) is 57.7 cm³/mol. The second-order valence-corrected chi connectivity index (χ2v) is 4.30. The zero-order valence-corrected chi connectivity index (χ0v) is 9.29. The number of ether oxygens (including phenoxy) is 1. The quantitative estimate of drug-likeness (QED) is 0.800. The lowest BCUT2D eigenvalue weighted by Gasteiger charge is -2.19. The number of benzene rings is 1. The predicted octanol–water partition coefficient (Wildman–Crippen LogP) is 2.32. The lowest BCUT2D eigenvalue weighted by atomic mass is 9.97. The Labute approximate surface area is 85.5 Å². The molecule has 2 nitrogen and oxygen atoms in total. The van der Waals surface area contributed by atoms with E-state index in [4.69, 9.17) is 4.74 Å². The van der Waals surface area contributed by atoms with Gasteiger partial charge in [-0.05, 0) is 32.4 Å². The van der Waals surface area contributed by atoms with Crippen molar-refractivity contribution >= 4 is 0 Å². The van der Waals surface area contributed by atoms with Crippen molar-refractivity contribution in [3.05, 3.63) is 29.3 Å². The SMILES string of the molecule is COc1ccc(C)cc1CC(C)(C)O. The molecule has 0 aliphatic heterocycles. The summed E-state index contributed by atoms with van der Waals surface area (Å²) in [4.78, 5) is 0. The standard InChI is InChI=1S/C12H18O2/c1-9-5-6-11(14-4)10(7-9)8-12(2,3)13/h5-7,13H,8H2,1-4H3. The Morgan fingerprint density at radius 2 is 2.00 bits per heavy atom. The molecule has 0 heterocycles. The molecular weight excluding hydrogens is 176 g/mol. The van der Waals surface area contributed by atoms with E-state index in [9.17, 15) is 5.11 Å². The van der Waals surface area contributed by atoms with Crippen molar-refractivity contribution < 1.29 is 9.84 Å². The van der Waals surface area contributed by atoms with E-state index in [0.29, 0.717) is 6.42 Å². The number of rotatable bonds is 3. The van der Waals surface area contributed by atoms with E-state index < -0.39 is 5.60 Å². The summed E-state index contributed by atoms with van der Waals surface area (Å²) in [6.07, 6.45) is 0.609. The summed E-state index contributed by atoms with van der Waals surface area (Å²) in [5.74, 6) is 0.845. The Hall–Kier alpha value is -1.02. The average molecular weight is 194 g/mol. The Morgan fingerprint density at radius 3 is 2.50 bits per heavy atom. The summed E-state index contributed by atoms with van der Waals surface area (Å²) < 4.78 is 5.24. The van der Waals surface area contributed by atoms with E-state index in [1.165, 1.54) is 5.56 Å². The Morgan fingerprint density at radius 1 is 1.36 bits per heavy atom. The molecular formula is C12H18O2. The van der Waals surface area contributed by atoms with E-state index in [0.717, 1.165) is 11.3 Å². The Kier molecular flexibility index (Phi) is 3.17. The zero-order valence-electron chi connectivity index (χ0n) is 9.29. The monoisotopic (exact) mass is 194 g/mol. The van der Waals surface area contributed by atoms with Gasteiger partial charge < -0.3 is 9.84 Å². The topological polar surface area (TPSA) is 29.5 Å². The number of aliphatic hydroxyl groups is 1. The minimum absolute atomic E-state index is 0.609. The smallest absolute Gasteiger partial charge is 0.122 e. The molecule has 14 heavy (non-hydrogen) atoms. The highest BCUT2D eigenvalue weighted by Gasteiger charge is 2.16. The van der Waals surface area contributed by atoms with Crippen LogP contribution >= 0.6 is 0 Å². The van der Waals surface area contributed by atoms with Crippen molar-refractivity contribution in [2.24, 2.45) is 0 Å². The molecule has 1 N–H and O–H groups in total. The maximum absolute atomic E-state index is 9.73. The molecule has 0 aliphatic carbocycles. The first-order valence-electron chi connectivity index (χ1n) is 4.78. The molecule has 0 aliphatic rings. The highest BCUT2D eigenvalue weighted by Crippen LogP contribution is 2.23. The first-order valence-corrected chi connectivity index (χ1v) is 4.78. The van der Waals surface area contributed by atoms with Crippen LogP contribution in [0.25, 0.3) is 0 Å². The van der Waals surface area contributed by atoms with Crippen molar-refractivity contribution in [1.29, 1.82) is 0 Å². The lowest BCUT2D eigenvalue weighted by molar-refractivity contribution is 0.0802. The fourth-order valence-corrected chi connectivity index (χ4v) is 1.51. The molecule has 0 spiro atoms. The summed E-state index contributed by atoms with van der Waals surface area (Å²) >= 11 is 0. The van der Waals surface area contributed by atoms with Crippen molar-refractivity contribution in [2.45, 2.75) is 32.8 Å². The molecule has 1 aromatic rings. The second-order valence-electron chi connectivity index (χ2n) is 4.30. The number of methoxy groups -OCH3 is 1. The summed E-state index contributed by atoms with van der Waals surface area (Å²) in [6, 6.07) is 6.00. The van der Waals surface area contributed by atoms with Gasteiger partial charge in [-0.1, -0.05) is 17.7 Å². The van der Waals surface area contributed by atoms with Crippen LogP contribution in [0.1, 0.15) is 25.0 Å². The molecule has 0 fully saturated rings. The third kappa shape index (κ3) is 3.04. The minimum atomic E-state index is -0.693. The van der Waals surface area contributed by atoms with Gasteiger partial charge in [0.25, 0.3) is 0 Å². The van der Waals surface area contributed by atoms with Gasteiger partial charge in [0.05, 0.1) is 12.7 Å². The molecule has 78 valence electrons. The lowest BCUT2D eigenvalue weighted by Crippen LogP contribution is -2.22. The normalized spacial score (nSPS) is 11.5. The molecule has 1 aromatic carbocycles. The van der Waals surface area contributed by atoms with Gasteiger partial charge in [-0.25, -0.2) is 0 Å². The van der Waals surface area contributed by atoms with Crippen LogP contribution in [0.2, 0.25) is 0 Å². The van der Waals surface area contributed by atoms with Crippen molar-refractivity contribution in [2.75, 3.05) is 7.11 Å². The van der Waals surface area contributed by atoms with E-state index in [1.807, 2.05) is 19.1 Å².